The average molecular weight is 658 g/mol. The molecule has 0 aliphatic carbocycles. The Morgan fingerprint density at radius 1 is 0.957 bits per heavy atom. The number of benzene rings is 2. The maximum atomic E-state index is 13.7. The lowest BCUT2D eigenvalue weighted by atomic mass is 10.1. The molecule has 1 fully saturated rings. The molecule has 0 spiro atoms. The molecular formula is C30H30F3N7O5S. The molecule has 0 atom stereocenters. The topological polar surface area (TPSA) is 162 Å². The van der Waals surface area contributed by atoms with Gasteiger partial charge in [-0.15, -0.1) is 0 Å². The molecule has 3 heterocycles. The van der Waals surface area contributed by atoms with Gasteiger partial charge in [-0.1, -0.05) is 0 Å². The van der Waals surface area contributed by atoms with E-state index in [1.807, 2.05) is 0 Å². The van der Waals surface area contributed by atoms with Crippen molar-refractivity contribution in [2.24, 2.45) is 0 Å². The number of carbonyl (C=O) groups is 2. The van der Waals surface area contributed by atoms with Crippen LogP contribution in [0.3, 0.4) is 0 Å². The van der Waals surface area contributed by atoms with Gasteiger partial charge in [-0.25, -0.2) is 19.7 Å². The zero-order valence-corrected chi connectivity index (χ0v) is 25.4. The van der Waals surface area contributed by atoms with Gasteiger partial charge in [0.1, 0.15) is 5.75 Å². The van der Waals surface area contributed by atoms with Gasteiger partial charge in [-0.05, 0) is 67.1 Å². The molecule has 1 aliphatic heterocycles. The third kappa shape index (κ3) is 7.82. The van der Waals surface area contributed by atoms with Gasteiger partial charge < -0.3 is 25.6 Å². The van der Waals surface area contributed by atoms with E-state index in [0.717, 1.165) is 12.1 Å². The predicted molar refractivity (Wildman–Crippen MR) is 169 cm³/mol. The van der Waals surface area contributed by atoms with Crippen LogP contribution in [-0.4, -0.2) is 72.5 Å². The van der Waals surface area contributed by atoms with Crippen LogP contribution in [0.1, 0.15) is 21.5 Å². The van der Waals surface area contributed by atoms with Crippen LogP contribution in [0.15, 0.2) is 67.0 Å². The van der Waals surface area contributed by atoms with Crippen LogP contribution in [-0.2, 0) is 6.18 Å². The quantitative estimate of drug-likeness (QED) is 0.148. The highest BCUT2D eigenvalue weighted by Gasteiger charge is 2.33. The van der Waals surface area contributed by atoms with Crippen LogP contribution in [0.2, 0.25) is 0 Å². The largest absolute Gasteiger partial charge is 0.438 e. The summed E-state index contributed by atoms with van der Waals surface area (Å²) in [6.07, 6.45) is -1.61. The van der Waals surface area contributed by atoms with Gasteiger partial charge in [0.2, 0.25) is 11.8 Å². The first-order chi connectivity index (χ1) is 21.8. The lowest BCUT2D eigenvalue weighted by molar-refractivity contribution is -0.137. The summed E-state index contributed by atoms with van der Waals surface area (Å²) in [6, 6.07) is 11.8. The van der Waals surface area contributed by atoms with E-state index in [-0.39, 0.29) is 41.7 Å². The van der Waals surface area contributed by atoms with Crippen LogP contribution < -0.4 is 20.7 Å². The number of aromatic nitrogens is 3. The third-order valence-corrected chi connectivity index (χ3v) is 8.67. The molecule has 0 bridgehead atoms. The van der Waals surface area contributed by atoms with Gasteiger partial charge in [-0.2, -0.15) is 23.8 Å². The van der Waals surface area contributed by atoms with E-state index in [1.54, 1.807) is 62.8 Å². The number of alkyl halides is 3. The minimum Gasteiger partial charge on any atom is -0.438 e. The number of hydrogen-bond donors (Lipinski definition) is 5. The summed E-state index contributed by atoms with van der Waals surface area (Å²) in [4.78, 5) is 40.0. The summed E-state index contributed by atoms with van der Waals surface area (Å²) in [5.74, 6) is 0.322. The van der Waals surface area contributed by atoms with Crippen LogP contribution in [0.25, 0.3) is 11.3 Å². The lowest BCUT2D eigenvalue weighted by Crippen LogP contribution is -2.42. The lowest BCUT2D eigenvalue weighted by Gasteiger charge is -2.41. The van der Waals surface area contributed by atoms with Crippen molar-refractivity contribution in [2.75, 3.05) is 47.6 Å². The first kappa shape index (κ1) is 32.5. The predicted octanol–water partition coefficient (Wildman–Crippen LogP) is 6.55. The zero-order valence-electron chi connectivity index (χ0n) is 24.6. The molecule has 5 rings (SSSR count). The number of aryl methyl sites for hydroxylation is 1. The molecule has 16 heteroatoms. The number of hydrogen-bond acceptors (Lipinski definition) is 9. The number of ether oxygens (including phenoxy) is 1. The van der Waals surface area contributed by atoms with Crippen molar-refractivity contribution < 1.29 is 36.6 Å². The Balaban J connectivity index is 1.30. The number of nitrogens with zero attached hydrogens (tertiary/aromatic N) is 4. The number of halogens is 3. The smallest absolute Gasteiger partial charge is 0.416 e. The van der Waals surface area contributed by atoms with Crippen LogP contribution in [0.5, 0.6) is 11.6 Å². The van der Waals surface area contributed by atoms with Crippen LogP contribution in [0.4, 0.5) is 35.3 Å². The molecule has 0 unspecified atom stereocenters. The molecule has 5 N–H and O–H groups in total. The van der Waals surface area contributed by atoms with Gasteiger partial charge in [0, 0.05) is 49.5 Å². The maximum absolute atomic E-state index is 13.7. The molecular weight excluding hydrogens is 627 g/mol. The summed E-state index contributed by atoms with van der Waals surface area (Å²) < 4.78 is 66.8. The van der Waals surface area contributed by atoms with Crippen molar-refractivity contribution in [2.45, 2.75) is 13.1 Å². The molecule has 0 radical (unpaired) electrons. The Kier molecular flexibility index (Phi) is 9.32. The van der Waals surface area contributed by atoms with Gasteiger partial charge in [0.15, 0.2) is 0 Å². The number of nitrogens with one attached hydrogen (secondary N) is 3. The highest BCUT2D eigenvalue weighted by atomic mass is 32.3. The standard InChI is InChI=1S/C30H30F3N7O5S/c1-18-14-21(5-6-25(18)45-26-23(4-3-8-35-26)24-7-9-36-28(34-2)39-24)37-29(42)38-22-16-19(15-20(17-22)30(31,32)33)27(41)40-10-12-46(43,44)13-11-40/h3-9,14-17,43-44H,10-13H2,1-2H3,(H,34,36,39)(H2,37,38,42). The zero-order chi connectivity index (χ0) is 33.1. The summed E-state index contributed by atoms with van der Waals surface area (Å²) in [5.41, 5.74) is 0.500. The van der Waals surface area contributed by atoms with Gasteiger partial charge >= 0.3 is 12.2 Å². The first-order valence-corrected chi connectivity index (χ1v) is 15.8. The van der Waals surface area contributed by atoms with Crippen molar-refractivity contribution in [1.29, 1.82) is 0 Å². The Hall–Kier alpha value is -4.93. The van der Waals surface area contributed by atoms with E-state index in [4.69, 9.17) is 4.74 Å². The van der Waals surface area contributed by atoms with Crippen molar-refractivity contribution in [1.82, 2.24) is 19.9 Å². The van der Waals surface area contributed by atoms with Crippen molar-refractivity contribution in [3.05, 3.63) is 83.7 Å². The van der Waals surface area contributed by atoms with Crippen LogP contribution >= 0.6 is 10.6 Å². The molecule has 2 aromatic heterocycles. The second-order valence-corrected chi connectivity index (χ2v) is 12.8. The number of pyridine rings is 1. The molecule has 3 amide bonds. The number of carbonyl (C=O) groups excluding carboxylic acids is 2. The minimum atomic E-state index is -4.79. The number of urea groups is 1. The fraction of sp³-hybridized carbons (Fsp3) is 0.233. The molecule has 2 aromatic carbocycles. The molecule has 12 nitrogen and oxygen atoms in total. The molecule has 46 heavy (non-hydrogen) atoms. The third-order valence-electron chi connectivity index (χ3n) is 6.99. The monoisotopic (exact) mass is 657 g/mol. The summed E-state index contributed by atoms with van der Waals surface area (Å²) >= 11 is 0. The van der Waals surface area contributed by atoms with E-state index in [9.17, 15) is 31.9 Å². The van der Waals surface area contributed by atoms with Gasteiger partial charge in [0.05, 0.1) is 28.3 Å². The minimum absolute atomic E-state index is 0.0146. The van der Waals surface area contributed by atoms with E-state index in [1.165, 1.54) is 4.90 Å². The average Bonchev–Trinajstić information content (AvgIpc) is 3.01. The fourth-order valence-corrected chi connectivity index (χ4v) is 5.86. The maximum Gasteiger partial charge on any atom is 0.416 e. The second kappa shape index (κ2) is 13.2. The summed E-state index contributed by atoms with van der Waals surface area (Å²) in [6.45, 7) is 1.72. The fourth-order valence-electron chi connectivity index (χ4n) is 4.63. The molecule has 1 saturated heterocycles. The summed E-state index contributed by atoms with van der Waals surface area (Å²) in [5, 5.41) is 7.83. The van der Waals surface area contributed by atoms with E-state index >= 15 is 0 Å². The first-order valence-electron chi connectivity index (χ1n) is 13.9. The van der Waals surface area contributed by atoms with Crippen LogP contribution in [0, 0.1) is 6.92 Å². The normalized spacial score (nSPS) is 15.1. The SMILES string of the molecule is CNc1nccc(-c2cccnc2Oc2ccc(NC(=O)Nc3cc(C(=O)N4CCS(O)(O)CC4)cc(C(F)(F)F)c3)cc2C)n1. The Morgan fingerprint density at radius 2 is 1.70 bits per heavy atom. The van der Waals surface area contributed by atoms with Crippen molar-refractivity contribution in [3.63, 3.8) is 0 Å². The highest BCUT2D eigenvalue weighted by molar-refractivity contribution is 8.24. The molecule has 242 valence electrons. The Labute approximate surface area is 263 Å². The van der Waals surface area contributed by atoms with Gasteiger partial charge in [0.25, 0.3) is 5.91 Å². The Morgan fingerprint density at radius 3 is 2.39 bits per heavy atom. The van der Waals surface area contributed by atoms with E-state index in [0.29, 0.717) is 40.3 Å². The number of anilines is 3. The van der Waals surface area contributed by atoms with E-state index in [2.05, 4.69) is 30.9 Å². The van der Waals surface area contributed by atoms with Crippen molar-refractivity contribution >= 4 is 39.9 Å². The Bertz CT molecular complexity index is 1760. The molecule has 4 aromatic rings. The molecule has 1 aliphatic rings. The van der Waals surface area contributed by atoms with Crippen molar-refractivity contribution in [3.8, 4) is 22.9 Å². The van der Waals surface area contributed by atoms with E-state index < -0.39 is 34.3 Å². The molecule has 0 saturated carbocycles. The highest BCUT2D eigenvalue weighted by Crippen LogP contribution is 2.41. The number of amides is 3. The second-order valence-electron chi connectivity index (χ2n) is 10.3. The summed E-state index contributed by atoms with van der Waals surface area (Å²) in [7, 11) is -1.11. The van der Waals surface area contributed by atoms with Gasteiger partial charge in [-0.3, -0.25) is 13.9 Å². The number of rotatable bonds is 7.